The van der Waals surface area contributed by atoms with Crippen molar-refractivity contribution in [2.24, 2.45) is 0 Å². The van der Waals surface area contributed by atoms with Crippen molar-refractivity contribution in [3.63, 3.8) is 0 Å². The summed E-state index contributed by atoms with van der Waals surface area (Å²) in [5, 5.41) is 10.3. The van der Waals surface area contributed by atoms with Crippen LogP contribution in [0.5, 0.6) is 0 Å². The summed E-state index contributed by atoms with van der Waals surface area (Å²) >= 11 is 6.77. The average Bonchev–Trinajstić information content (AvgIpc) is 2.86. The monoisotopic (exact) mass is 289 g/mol. The molecule has 6 heteroatoms. The standard InChI is InChI=1S/C8H8BrN3S2/c1-2-5(9)7-11-12-8(14-7)6-3-10-4-13-6/h3-5H,2H2,1H3. The zero-order valence-electron chi connectivity index (χ0n) is 7.48. The molecule has 14 heavy (non-hydrogen) atoms. The second kappa shape index (κ2) is 4.46. The molecule has 0 aliphatic rings. The summed E-state index contributed by atoms with van der Waals surface area (Å²) in [6.45, 7) is 2.12. The molecular weight excluding hydrogens is 282 g/mol. The van der Waals surface area contributed by atoms with Gasteiger partial charge in [0, 0.05) is 6.20 Å². The van der Waals surface area contributed by atoms with Crippen molar-refractivity contribution in [1.82, 2.24) is 15.2 Å². The van der Waals surface area contributed by atoms with Crippen LogP contribution in [0.15, 0.2) is 11.7 Å². The summed E-state index contributed by atoms with van der Waals surface area (Å²) in [5.74, 6) is 0. The summed E-state index contributed by atoms with van der Waals surface area (Å²) in [4.78, 5) is 5.43. The van der Waals surface area contributed by atoms with Crippen LogP contribution in [0, 0.1) is 0 Å². The maximum atomic E-state index is 4.14. The first kappa shape index (κ1) is 10.2. The molecule has 0 saturated carbocycles. The topological polar surface area (TPSA) is 38.7 Å². The number of hydrogen-bond donors (Lipinski definition) is 0. The Balaban J connectivity index is 2.26. The third-order valence-electron chi connectivity index (χ3n) is 1.71. The molecule has 0 aliphatic carbocycles. The molecule has 2 rings (SSSR count). The van der Waals surface area contributed by atoms with E-state index < -0.39 is 0 Å². The van der Waals surface area contributed by atoms with Crippen LogP contribution in [0.1, 0.15) is 23.2 Å². The molecule has 0 fully saturated rings. The lowest BCUT2D eigenvalue weighted by molar-refractivity contribution is 0.870. The number of rotatable bonds is 3. The lowest BCUT2D eigenvalue weighted by Gasteiger charge is -1.97. The van der Waals surface area contributed by atoms with Gasteiger partial charge in [-0.3, -0.25) is 4.98 Å². The SMILES string of the molecule is CCC(Br)c1nnc(-c2cncs2)s1. The van der Waals surface area contributed by atoms with E-state index in [0.717, 1.165) is 21.3 Å². The molecule has 1 atom stereocenters. The molecule has 0 N–H and O–H groups in total. The molecule has 0 bridgehead atoms. The van der Waals surface area contributed by atoms with Gasteiger partial charge in [0.15, 0.2) is 5.01 Å². The van der Waals surface area contributed by atoms with Gasteiger partial charge in [-0.2, -0.15) is 0 Å². The largest absolute Gasteiger partial charge is 0.252 e. The zero-order valence-corrected chi connectivity index (χ0v) is 10.7. The van der Waals surface area contributed by atoms with E-state index in [0.29, 0.717) is 4.83 Å². The van der Waals surface area contributed by atoms with Crippen LogP contribution in [0.4, 0.5) is 0 Å². The minimum Gasteiger partial charge on any atom is -0.252 e. The highest BCUT2D eigenvalue weighted by atomic mass is 79.9. The molecule has 2 aromatic heterocycles. The molecule has 0 amide bonds. The predicted octanol–water partition coefficient (Wildman–Crippen LogP) is 3.51. The van der Waals surface area contributed by atoms with Crippen molar-refractivity contribution in [3.8, 4) is 9.88 Å². The highest BCUT2D eigenvalue weighted by Gasteiger charge is 2.13. The Morgan fingerprint density at radius 1 is 1.50 bits per heavy atom. The number of nitrogens with zero attached hydrogens (tertiary/aromatic N) is 3. The maximum absolute atomic E-state index is 4.14. The Hall–Kier alpha value is -0.330. The van der Waals surface area contributed by atoms with Crippen LogP contribution in [0.3, 0.4) is 0 Å². The van der Waals surface area contributed by atoms with E-state index in [4.69, 9.17) is 0 Å². The van der Waals surface area contributed by atoms with Crippen LogP contribution < -0.4 is 0 Å². The smallest absolute Gasteiger partial charge is 0.159 e. The minimum atomic E-state index is 0.321. The predicted molar refractivity (Wildman–Crippen MR) is 63.0 cm³/mol. The van der Waals surface area contributed by atoms with Gasteiger partial charge in [0.05, 0.1) is 15.2 Å². The molecule has 0 aliphatic heterocycles. The highest BCUT2D eigenvalue weighted by molar-refractivity contribution is 9.09. The molecule has 1 unspecified atom stereocenters. The fraction of sp³-hybridized carbons (Fsp3) is 0.375. The van der Waals surface area contributed by atoms with Crippen molar-refractivity contribution < 1.29 is 0 Å². The molecule has 0 aromatic carbocycles. The molecule has 3 nitrogen and oxygen atoms in total. The number of hydrogen-bond acceptors (Lipinski definition) is 5. The quantitative estimate of drug-likeness (QED) is 0.812. The van der Waals surface area contributed by atoms with E-state index in [2.05, 4.69) is 38.0 Å². The van der Waals surface area contributed by atoms with E-state index >= 15 is 0 Å². The fourth-order valence-corrected chi connectivity index (χ4v) is 2.91. The Bertz CT molecular complexity index is 398. The van der Waals surface area contributed by atoms with E-state index in [-0.39, 0.29) is 0 Å². The van der Waals surface area contributed by atoms with Crippen molar-refractivity contribution in [2.75, 3.05) is 0 Å². The highest BCUT2D eigenvalue weighted by Crippen LogP contribution is 2.33. The first-order valence-electron chi connectivity index (χ1n) is 4.17. The Morgan fingerprint density at radius 2 is 2.36 bits per heavy atom. The number of halogens is 1. The van der Waals surface area contributed by atoms with Gasteiger partial charge >= 0.3 is 0 Å². The lowest BCUT2D eigenvalue weighted by Crippen LogP contribution is -1.84. The molecule has 0 saturated heterocycles. The summed E-state index contributed by atoms with van der Waals surface area (Å²) in [6.07, 6.45) is 2.85. The third kappa shape index (κ3) is 2.02. The zero-order chi connectivity index (χ0) is 9.97. The van der Waals surface area contributed by atoms with Gasteiger partial charge in [-0.05, 0) is 6.42 Å². The normalized spacial score (nSPS) is 13.0. The fourth-order valence-electron chi connectivity index (χ4n) is 0.957. The molecular formula is C8H8BrN3S2. The first-order valence-corrected chi connectivity index (χ1v) is 6.78. The maximum Gasteiger partial charge on any atom is 0.159 e. The summed E-state index contributed by atoms with van der Waals surface area (Å²) in [5.41, 5.74) is 1.81. The van der Waals surface area contributed by atoms with Gasteiger partial charge in [-0.25, -0.2) is 0 Å². The van der Waals surface area contributed by atoms with Crippen LogP contribution >= 0.6 is 38.6 Å². The van der Waals surface area contributed by atoms with Gasteiger partial charge in [0.25, 0.3) is 0 Å². The Morgan fingerprint density at radius 3 is 3.00 bits per heavy atom. The van der Waals surface area contributed by atoms with Crippen molar-refractivity contribution in [2.45, 2.75) is 18.2 Å². The van der Waals surface area contributed by atoms with Gasteiger partial charge in [-0.1, -0.05) is 34.2 Å². The van der Waals surface area contributed by atoms with Gasteiger partial charge in [0.1, 0.15) is 5.01 Å². The van der Waals surface area contributed by atoms with E-state index in [9.17, 15) is 0 Å². The average molecular weight is 290 g/mol. The Labute approximate surface area is 98.4 Å². The van der Waals surface area contributed by atoms with Gasteiger partial charge < -0.3 is 0 Å². The summed E-state index contributed by atoms with van der Waals surface area (Å²) in [7, 11) is 0. The van der Waals surface area contributed by atoms with E-state index in [1.165, 1.54) is 0 Å². The van der Waals surface area contributed by atoms with Crippen molar-refractivity contribution in [1.29, 1.82) is 0 Å². The second-order valence-corrected chi connectivity index (χ2v) is 5.69. The number of thiazole rings is 1. The lowest BCUT2D eigenvalue weighted by atomic mass is 10.4. The van der Waals surface area contributed by atoms with Crippen molar-refractivity contribution >= 4 is 38.6 Å². The minimum absolute atomic E-state index is 0.321. The van der Waals surface area contributed by atoms with Crippen molar-refractivity contribution in [3.05, 3.63) is 16.7 Å². The van der Waals surface area contributed by atoms with Crippen LogP contribution in [0.2, 0.25) is 0 Å². The first-order chi connectivity index (χ1) is 6.81. The third-order valence-corrected chi connectivity index (χ3v) is 5.07. The van der Waals surface area contributed by atoms with Crippen LogP contribution in [0.25, 0.3) is 9.88 Å². The summed E-state index contributed by atoms with van der Waals surface area (Å²) in [6, 6.07) is 0. The summed E-state index contributed by atoms with van der Waals surface area (Å²) < 4.78 is 0. The molecule has 2 heterocycles. The van der Waals surface area contributed by atoms with E-state index in [1.807, 2.05) is 11.7 Å². The molecule has 0 spiro atoms. The molecule has 0 radical (unpaired) electrons. The number of alkyl halides is 1. The number of aromatic nitrogens is 3. The Kier molecular flexibility index (Phi) is 3.25. The van der Waals surface area contributed by atoms with Crippen LogP contribution in [-0.4, -0.2) is 15.2 Å². The van der Waals surface area contributed by atoms with E-state index in [1.54, 1.807) is 22.7 Å². The second-order valence-electron chi connectivity index (χ2n) is 2.69. The van der Waals surface area contributed by atoms with Crippen LogP contribution in [-0.2, 0) is 0 Å². The van der Waals surface area contributed by atoms with Gasteiger partial charge in [-0.15, -0.1) is 21.5 Å². The molecule has 74 valence electrons. The van der Waals surface area contributed by atoms with Gasteiger partial charge in [0.2, 0.25) is 0 Å². The molecule has 2 aromatic rings.